The molecule has 3 aromatic rings. The minimum Gasteiger partial charge on any atom is -0.460 e. The summed E-state index contributed by atoms with van der Waals surface area (Å²) >= 11 is 0. The largest absolute Gasteiger partial charge is 0.460 e. The van der Waals surface area contributed by atoms with E-state index < -0.39 is 53.9 Å². The Hall–Kier alpha value is -3.88. The van der Waals surface area contributed by atoms with E-state index in [1.54, 1.807) is 27.7 Å². The number of rotatable bonds is 10. The molecule has 0 bridgehead atoms. The molecule has 3 rings (SSSR count). The fourth-order valence-electron chi connectivity index (χ4n) is 4.14. The maximum absolute atomic E-state index is 13.3. The predicted molar refractivity (Wildman–Crippen MR) is 138 cm³/mol. The molecule has 0 saturated heterocycles. The molecule has 0 aliphatic heterocycles. The van der Waals surface area contributed by atoms with Gasteiger partial charge in [-0.1, -0.05) is 49.4 Å². The van der Waals surface area contributed by atoms with E-state index in [0.717, 1.165) is 16.3 Å². The molecule has 8 nitrogen and oxygen atoms in total. The van der Waals surface area contributed by atoms with Gasteiger partial charge in [-0.25, -0.2) is 9.07 Å². The Morgan fingerprint density at radius 1 is 1.08 bits per heavy atom. The number of carbonyl (C=O) groups excluding carboxylic acids is 3. The van der Waals surface area contributed by atoms with Crippen molar-refractivity contribution < 1.29 is 23.5 Å². The topological polar surface area (TPSA) is 107 Å². The second-order valence-corrected chi connectivity index (χ2v) is 9.80. The van der Waals surface area contributed by atoms with Crippen LogP contribution >= 0.6 is 0 Å². The molecule has 2 atom stereocenters. The van der Waals surface area contributed by atoms with E-state index in [1.807, 2.05) is 42.5 Å². The van der Waals surface area contributed by atoms with E-state index in [0.29, 0.717) is 0 Å². The molecule has 2 unspecified atom stereocenters. The number of ketones is 1. The first-order chi connectivity index (χ1) is 17.5. The molecule has 0 spiro atoms. The van der Waals surface area contributed by atoms with Crippen molar-refractivity contribution >= 4 is 28.4 Å². The van der Waals surface area contributed by atoms with Crippen LogP contribution in [0.1, 0.15) is 57.6 Å². The number of hydrogen-bond acceptors (Lipinski definition) is 6. The molecule has 0 aliphatic carbocycles. The summed E-state index contributed by atoms with van der Waals surface area (Å²) in [5.41, 5.74) is -0.159. The van der Waals surface area contributed by atoms with Gasteiger partial charge in [-0.05, 0) is 49.6 Å². The Morgan fingerprint density at radius 3 is 2.46 bits per heavy atom. The van der Waals surface area contributed by atoms with Gasteiger partial charge >= 0.3 is 5.97 Å². The van der Waals surface area contributed by atoms with Crippen LogP contribution in [-0.4, -0.2) is 45.8 Å². The van der Waals surface area contributed by atoms with Crippen LogP contribution in [0.25, 0.3) is 10.8 Å². The number of esters is 1. The third-order valence-electron chi connectivity index (χ3n) is 5.87. The number of nitrogens with one attached hydrogen (secondary N) is 1. The first kappa shape index (κ1) is 27.7. The van der Waals surface area contributed by atoms with Crippen molar-refractivity contribution in [1.29, 1.82) is 0 Å². The molecule has 9 heteroatoms. The Labute approximate surface area is 214 Å². The number of amides is 1. The van der Waals surface area contributed by atoms with E-state index in [9.17, 15) is 23.6 Å². The summed E-state index contributed by atoms with van der Waals surface area (Å²) in [4.78, 5) is 50.9. The lowest BCUT2D eigenvalue weighted by molar-refractivity contribution is -0.156. The van der Waals surface area contributed by atoms with Gasteiger partial charge in [0, 0.05) is 11.8 Å². The lowest BCUT2D eigenvalue weighted by Crippen LogP contribution is -2.46. The SMILES string of the molecule is CCC(C(=O)NC(CC(=O)OC(C)(C)C)C(=O)CF)c1ccnn(Cc2cccc3ccccc23)c1=O. The summed E-state index contributed by atoms with van der Waals surface area (Å²) in [6.07, 6.45) is 1.18. The number of alkyl halides is 1. The van der Waals surface area contributed by atoms with Gasteiger partial charge in [0.05, 0.1) is 18.9 Å². The van der Waals surface area contributed by atoms with Gasteiger partial charge in [-0.3, -0.25) is 19.2 Å². The van der Waals surface area contributed by atoms with E-state index in [1.165, 1.54) is 16.9 Å². The normalized spacial score (nSPS) is 13.1. The smallest absolute Gasteiger partial charge is 0.308 e. The van der Waals surface area contributed by atoms with Crippen molar-refractivity contribution in [2.45, 2.75) is 64.6 Å². The monoisotopic (exact) mass is 509 g/mol. The highest BCUT2D eigenvalue weighted by Gasteiger charge is 2.30. The Morgan fingerprint density at radius 2 is 1.78 bits per heavy atom. The summed E-state index contributed by atoms with van der Waals surface area (Å²) in [7, 11) is 0. The highest BCUT2D eigenvalue weighted by molar-refractivity contribution is 5.94. The number of ether oxygens (including phenoxy) is 1. The number of benzene rings is 2. The average molecular weight is 510 g/mol. The van der Waals surface area contributed by atoms with Crippen LogP contribution < -0.4 is 10.9 Å². The number of fused-ring (bicyclic) bond motifs is 1. The third kappa shape index (κ3) is 7.09. The summed E-state index contributed by atoms with van der Waals surface area (Å²) in [5, 5.41) is 8.68. The van der Waals surface area contributed by atoms with Gasteiger partial charge in [0.25, 0.3) is 5.56 Å². The molecule has 0 saturated carbocycles. The lowest BCUT2D eigenvalue weighted by Gasteiger charge is -2.23. The molecule has 2 aromatic carbocycles. The first-order valence-corrected chi connectivity index (χ1v) is 12.2. The van der Waals surface area contributed by atoms with Gasteiger partial charge in [-0.2, -0.15) is 5.10 Å². The van der Waals surface area contributed by atoms with Gasteiger partial charge in [0.2, 0.25) is 5.91 Å². The van der Waals surface area contributed by atoms with Gasteiger partial charge in [0.15, 0.2) is 5.78 Å². The van der Waals surface area contributed by atoms with E-state index in [4.69, 9.17) is 4.74 Å². The summed E-state index contributed by atoms with van der Waals surface area (Å²) in [6.45, 7) is 5.56. The second-order valence-electron chi connectivity index (χ2n) is 9.80. The zero-order valence-corrected chi connectivity index (χ0v) is 21.5. The molecule has 196 valence electrons. The Kier molecular flexibility index (Phi) is 8.91. The molecule has 0 radical (unpaired) electrons. The highest BCUT2D eigenvalue weighted by Crippen LogP contribution is 2.20. The number of halogens is 1. The highest BCUT2D eigenvalue weighted by atomic mass is 19.1. The van der Waals surface area contributed by atoms with Crippen LogP contribution in [0, 0.1) is 0 Å². The number of carbonyl (C=O) groups is 3. The number of hydrogen-bond donors (Lipinski definition) is 1. The quantitative estimate of drug-likeness (QED) is 0.418. The Balaban J connectivity index is 1.85. The fraction of sp³-hybridized carbons (Fsp3) is 0.393. The summed E-state index contributed by atoms with van der Waals surface area (Å²) in [6, 6.07) is 13.7. The molecule has 0 fully saturated rings. The van der Waals surface area contributed by atoms with Gasteiger partial charge in [0.1, 0.15) is 18.3 Å². The minimum atomic E-state index is -1.40. The molecule has 0 aliphatic rings. The molecule has 1 aromatic heterocycles. The zero-order valence-electron chi connectivity index (χ0n) is 21.5. The van der Waals surface area contributed by atoms with Crippen molar-refractivity contribution in [2.75, 3.05) is 6.67 Å². The van der Waals surface area contributed by atoms with E-state index in [2.05, 4.69) is 10.4 Å². The van der Waals surface area contributed by atoms with Gasteiger partial charge in [-0.15, -0.1) is 0 Å². The maximum atomic E-state index is 13.3. The first-order valence-electron chi connectivity index (χ1n) is 12.2. The third-order valence-corrected chi connectivity index (χ3v) is 5.87. The zero-order chi connectivity index (χ0) is 27.2. The predicted octanol–water partition coefficient (Wildman–Crippen LogP) is 3.69. The summed E-state index contributed by atoms with van der Waals surface area (Å²) in [5.74, 6) is -3.27. The second kappa shape index (κ2) is 11.9. The van der Waals surface area contributed by atoms with Crippen LogP contribution in [0.4, 0.5) is 4.39 Å². The minimum absolute atomic E-state index is 0.193. The number of aromatic nitrogens is 2. The van der Waals surface area contributed by atoms with Crippen LogP contribution in [0.3, 0.4) is 0 Å². The van der Waals surface area contributed by atoms with Gasteiger partial charge < -0.3 is 10.1 Å². The maximum Gasteiger partial charge on any atom is 0.308 e. The molecule has 37 heavy (non-hydrogen) atoms. The van der Waals surface area contributed by atoms with Crippen molar-refractivity contribution in [3.8, 4) is 0 Å². The number of nitrogens with zero attached hydrogens (tertiary/aromatic N) is 2. The van der Waals surface area contributed by atoms with E-state index >= 15 is 0 Å². The summed E-state index contributed by atoms with van der Waals surface area (Å²) < 4.78 is 19.7. The molecule has 1 N–H and O–H groups in total. The fourth-order valence-corrected chi connectivity index (χ4v) is 4.14. The molecular weight excluding hydrogens is 477 g/mol. The lowest BCUT2D eigenvalue weighted by atomic mass is 9.96. The number of Topliss-reactive ketones (excluding diaryl/α,β-unsaturated/α-hetero) is 1. The van der Waals surface area contributed by atoms with Crippen molar-refractivity contribution in [3.63, 3.8) is 0 Å². The Bertz CT molecular complexity index is 1340. The molecular formula is C28H32FN3O5. The molecule has 1 amide bonds. The van der Waals surface area contributed by atoms with Crippen molar-refractivity contribution in [2.24, 2.45) is 0 Å². The standard InChI is InChI=1S/C28H32FN3O5/c1-5-20(26(35)31-23(24(33)16-29)15-25(34)37-28(2,3)4)22-13-14-30-32(27(22)36)17-19-11-8-10-18-9-6-7-12-21(18)19/h6-14,20,23H,5,15-17H2,1-4H3,(H,31,35). The van der Waals surface area contributed by atoms with Crippen LogP contribution in [0.15, 0.2) is 59.5 Å². The van der Waals surface area contributed by atoms with Crippen LogP contribution in [-0.2, 0) is 25.7 Å². The van der Waals surface area contributed by atoms with Crippen LogP contribution in [0.2, 0.25) is 0 Å². The average Bonchev–Trinajstić information content (AvgIpc) is 2.84. The van der Waals surface area contributed by atoms with Crippen molar-refractivity contribution in [1.82, 2.24) is 15.1 Å². The van der Waals surface area contributed by atoms with Crippen molar-refractivity contribution in [3.05, 3.63) is 76.2 Å². The van der Waals surface area contributed by atoms with Crippen LogP contribution in [0.5, 0.6) is 0 Å². The van der Waals surface area contributed by atoms with E-state index in [-0.39, 0.29) is 18.5 Å². The molecule has 1 heterocycles.